The first kappa shape index (κ1) is 16.2. The highest BCUT2D eigenvalue weighted by molar-refractivity contribution is 9.09. The fourth-order valence-corrected chi connectivity index (χ4v) is 3.05. The van der Waals surface area contributed by atoms with Crippen LogP contribution in [-0.2, 0) is 0 Å². The Morgan fingerprint density at radius 3 is 2.33 bits per heavy atom. The quantitative estimate of drug-likeness (QED) is 0.760. The summed E-state index contributed by atoms with van der Waals surface area (Å²) in [6.07, 6.45) is 1.95. The highest BCUT2D eigenvalue weighted by atomic mass is 79.9. The van der Waals surface area contributed by atoms with Crippen molar-refractivity contribution in [3.05, 3.63) is 29.8 Å². The molecule has 6 heteroatoms. The zero-order valence-electron chi connectivity index (χ0n) is 11.8. The molecule has 1 aromatic rings. The van der Waals surface area contributed by atoms with E-state index in [1.54, 1.807) is 0 Å². The van der Waals surface area contributed by atoms with E-state index in [4.69, 9.17) is 0 Å². The lowest BCUT2D eigenvalue weighted by molar-refractivity contribution is -0.0498. The van der Waals surface area contributed by atoms with Gasteiger partial charge in [0.2, 0.25) is 0 Å². The van der Waals surface area contributed by atoms with E-state index in [1.807, 2.05) is 4.90 Å². The van der Waals surface area contributed by atoms with Gasteiger partial charge in [0, 0.05) is 23.5 Å². The molecule has 2 rings (SSSR count). The van der Waals surface area contributed by atoms with Crippen molar-refractivity contribution in [2.24, 2.45) is 5.92 Å². The van der Waals surface area contributed by atoms with Crippen LogP contribution in [0.4, 0.5) is 8.78 Å². The zero-order chi connectivity index (χ0) is 15.4. The molecule has 21 heavy (non-hydrogen) atoms. The van der Waals surface area contributed by atoms with Crippen molar-refractivity contribution < 1.29 is 18.3 Å². The molecular formula is C15H18BrF2NO2. The number of piperidine rings is 1. The standard InChI is InChI=1S/C15H18BrF2NO2/c1-10(16)11-6-8-19(9-7-11)14(20)12-2-4-13(5-3-12)21-15(17)18/h2-5,10-11,15H,6-9H2,1H3. The van der Waals surface area contributed by atoms with Crippen LogP contribution >= 0.6 is 15.9 Å². The van der Waals surface area contributed by atoms with Crippen molar-refractivity contribution in [2.45, 2.75) is 31.2 Å². The van der Waals surface area contributed by atoms with Crippen LogP contribution in [0.3, 0.4) is 0 Å². The summed E-state index contributed by atoms with van der Waals surface area (Å²) < 4.78 is 28.4. The van der Waals surface area contributed by atoms with E-state index in [0.29, 0.717) is 16.3 Å². The van der Waals surface area contributed by atoms with Gasteiger partial charge in [-0.05, 0) is 43.0 Å². The molecule has 1 aliphatic rings. The van der Waals surface area contributed by atoms with Crippen molar-refractivity contribution in [1.82, 2.24) is 4.90 Å². The molecule has 1 fully saturated rings. The summed E-state index contributed by atoms with van der Waals surface area (Å²) in [5, 5.41) is 0. The number of hydrogen-bond donors (Lipinski definition) is 0. The Labute approximate surface area is 131 Å². The molecule has 0 saturated carbocycles. The average Bonchev–Trinajstić information content (AvgIpc) is 2.47. The monoisotopic (exact) mass is 361 g/mol. The summed E-state index contributed by atoms with van der Waals surface area (Å²) in [6, 6.07) is 5.85. The number of amides is 1. The number of carbonyl (C=O) groups is 1. The van der Waals surface area contributed by atoms with Crippen LogP contribution in [0.2, 0.25) is 0 Å². The number of rotatable bonds is 4. The van der Waals surface area contributed by atoms with Gasteiger partial charge in [0.05, 0.1) is 0 Å². The van der Waals surface area contributed by atoms with Gasteiger partial charge in [-0.1, -0.05) is 22.9 Å². The van der Waals surface area contributed by atoms with Crippen LogP contribution in [0.25, 0.3) is 0 Å². The second kappa shape index (κ2) is 7.20. The molecule has 1 saturated heterocycles. The molecule has 3 nitrogen and oxygen atoms in total. The Bertz CT molecular complexity index is 471. The maximum atomic E-state index is 12.3. The molecular weight excluding hydrogens is 344 g/mol. The molecule has 1 amide bonds. The molecule has 1 heterocycles. The van der Waals surface area contributed by atoms with Crippen molar-refractivity contribution in [2.75, 3.05) is 13.1 Å². The van der Waals surface area contributed by atoms with Crippen LogP contribution in [0.5, 0.6) is 5.75 Å². The first-order chi connectivity index (χ1) is 9.97. The molecule has 0 N–H and O–H groups in total. The van der Waals surface area contributed by atoms with E-state index in [1.165, 1.54) is 24.3 Å². The van der Waals surface area contributed by atoms with E-state index in [2.05, 4.69) is 27.6 Å². The number of halogens is 3. The van der Waals surface area contributed by atoms with Crippen LogP contribution in [0.1, 0.15) is 30.1 Å². The molecule has 1 unspecified atom stereocenters. The summed E-state index contributed by atoms with van der Waals surface area (Å²) in [5.41, 5.74) is 0.502. The second-order valence-electron chi connectivity index (χ2n) is 5.21. The molecule has 0 spiro atoms. The Morgan fingerprint density at radius 2 is 1.86 bits per heavy atom. The van der Waals surface area contributed by atoms with E-state index in [9.17, 15) is 13.6 Å². The van der Waals surface area contributed by atoms with Gasteiger partial charge in [-0.25, -0.2) is 0 Å². The van der Waals surface area contributed by atoms with Gasteiger partial charge in [0.25, 0.3) is 5.91 Å². The van der Waals surface area contributed by atoms with E-state index >= 15 is 0 Å². The predicted molar refractivity (Wildman–Crippen MR) is 80.1 cm³/mol. The topological polar surface area (TPSA) is 29.5 Å². The summed E-state index contributed by atoms with van der Waals surface area (Å²) in [6.45, 7) is 0.740. The fourth-order valence-electron chi connectivity index (χ4n) is 2.52. The minimum atomic E-state index is -2.85. The first-order valence-electron chi connectivity index (χ1n) is 6.95. The largest absolute Gasteiger partial charge is 0.435 e. The van der Waals surface area contributed by atoms with Gasteiger partial charge in [-0.2, -0.15) is 8.78 Å². The van der Waals surface area contributed by atoms with Gasteiger partial charge in [0.15, 0.2) is 0 Å². The third-order valence-electron chi connectivity index (χ3n) is 3.80. The minimum Gasteiger partial charge on any atom is -0.435 e. The van der Waals surface area contributed by atoms with Gasteiger partial charge in [-0.3, -0.25) is 4.79 Å². The third kappa shape index (κ3) is 4.40. The predicted octanol–water partition coefficient (Wildman–Crippen LogP) is 3.92. The lowest BCUT2D eigenvalue weighted by Gasteiger charge is -2.33. The smallest absolute Gasteiger partial charge is 0.387 e. The first-order valence-corrected chi connectivity index (χ1v) is 7.87. The molecule has 0 aliphatic carbocycles. The van der Waals surface area contributed by atoms with E-state index < -0.39 is 6.61 Å². The van der Waals surface area contributed by atoms with E-state index in [-0.39, 0.29) is 11.7 Å². The van der Waals surface area contributed by atoms with Crippen LogP contribution < -0.4 is 4.74 Å². The molecule has 0 radical (unpaired) electrons. The van der Waals surface area contributed by atoms with Gasteiger partial charge in [-0.15, -0.1) is 0 Å². The zero-order valence-corrected chi connectivity index (χ0v) is 13.4. The Morgan fingerprint density at radius 1 is 1.29 bits per heavy atom. The molecule has 1 atom stereocenters. The SMILES string of the molecule is CC(Br)C1CCN(C(=O)c2ccc(OC(F)F)cc2)CC1. The number of nitrogens with zero attached hydrogens (tertiary/aromatic N) is 1. The highest BCUT2D eigenvalue weighted by Gasteiger charge is 2.25. The maximum Gasteiger partial charge on any atom is 0.387 e. The van der Waals surface area contributed by atoms with Gasteiger partial charge >= 0.3 is 6.61 Å². The molecule has 1 aliphatic heterocycles. The summed E-state index contributed by atoms with van der Waals surface area (Å²) in [4.78, 5) is 14.6. The number of likely N-dealkylation sites (tertiary alicyclic amines) is 1. The highest BCUT2D eigenvalue weighted by Crippen LogP contribution is 2.26. The van der Waals surface area contributed by atoms with Gasteiger partial charge < -0.3 is 9.64 Å². The lowest BCUT2D eigenvalue weighted by atomic mass is 9.94. The normalized spacial score (nSPS) is 17.9. The number of alkyl halides is 3. The molecule has 0 bridgehead atoms. The third-order valence-corrected chi connectivity index (χ3v) is 4.55. The summed E-state index contributed by atoms with van der Waals surface area (Å²) in [7, 11) is 0. The average molecular weight is 362 g/mol. The van der Waals surface area contributed by atoms with Crippen molar-refractivity contribution in [1.29, 1.82) is 0 Å². The minimum absolute atomic E-state index is 0.0562. The van der Waals surface area contributed by atoms with Gasteiger partial charge in [0.1, 0.15) is 5.75 Å². The lowest BCUT2D eigenvalue weighted by Crippen LogP contribution is -2.39. The van der Waals surface area contributed by atoms with Crippen molar-refractivity contribution in [3.63, 3.8) is 0 Å². The Kier molecular flexibility index (Phi) is 5.56. The number of carbonyl (C=O) groups excluding carboxylic acids is 1. The second-order valence-corrected chi connectivity index (χ2v) is 6.65. The molecule has 1 aromatic carbocycles. The van der Waals surface area contributed by atoms with E-state index in [0.717, 1.165) is 25.9 Å². The maximum absolute atomic E-state index is 12.3. The van der Waals surface area contributed by atoms with Crippen LogP contribution in [-0.4, -0.2) is 35.3 Å². The van der Waals surface area contributed by atoms with Crippen molar-refractivity contribution >= 4 is 21.8 Å². The number of benzene rings is 1. The summed E-state index contributed by atoms with van der Waals surface area (Å²) >= 11 is 3.59. The summed E-state index contributed by atoms with van der Waals surface area (Å²) in [5.74, 6) is 0.600. The van der Waals surface area contributed by atoms with Crippen molar-refractivity contribution in [3.8, 4) is 5.75 Å². The van der Waals surface area contributed by atoms with Crippen LogP contribution in [0.15, 0.2) is 24.3 Å². The molecule has 116 valence electrons. The molecule has 0 aromatic heterocycles. The number of hydrogen-bond acceptors (Lipinski definition) is 2. The van der Waals surface area contributed by atoms with Crippen LogP contribution in [0, 0.1) is 5.92 Å². The number of ether oxygens (including phenoxy) is 1. The Balaban J connectivity index is 1.94. The Hall–Kier alpha value is -1.17. The fraction of sp³-hybridized carbons (Fsp3) is 0.533.